The summed E-state index contributed by atoms with van der Waals surface area (Å²) in [5.74, 6) is 0. The van der Waals surface area contributed by atoms with Crippen LogP contribution < -0.4 is 5.46 Å². The van der Waals surface area contributed by atoms with E-state index in [1.165, 1.54) is 22.3 Å². The van der Waals surface area contributed by atoms with Crippen molar-refractivity contribution < 1.29 is 10.0 Å². The molecule has 0 unspecified atom stereocenters. The predicted molar refractivity (Wildman–Crippen MR) is 128 cm³/mol. The molecule has 1 aromatic heterocycles. The Labute approximate surface area is 181 Å². The van der Waals surface area contributed by atoms with Gasteiger partial charge in [0.1, 0.15) is 0 Å². The molecule has 0 spiro atoms. The molecule has 5 aromatic rings. The zero-order chi connectivity index (χ0) is 21.3. The minimum Gasteiger partial charge on any atom is -0.423 e. The Hall–Kier alpha value is -3.34. The van der Waals surface area contributed by atoms with Crippen molar-refractivity contribution in [3.63, 3.8) is 0 Å². The van der Waals surface area contributed by atoms with E-state index in [1.807, 2.05) is 24.3 Å². The number of hydrogen-bond acceptors (Lipinski definition) is 2. The van der Waals surface area contributed by atoms with Gasteiger partial charge in [-0.2, -0.15) is 0 Å². The van der Waals surface area contributed by atoms with Crippen molar-refractivity contribution in [2.24, 2.45) is 0 Å². The molecule has 3 nitrogen and oxygen atoms in total. The highest BCUT2D eigenvalue weighted by Crippen LogP contribution is 2.49. The molecule has 0 saturated heterocycles. The van der Waals surface area contributed by atoms with Gasteiger partial charge >= 0.3 is 7.12 Å². The first-order chi connectivity index (χ1) is 15.0. The molecule has 0 atom stereocenters. The van der Waals surface area contributed by atoms with Crippen molar-refractivity contribution in [2.45, 2.75) is 19.3 Å². The second kappa shape index (κ2) is 6.33. The summed E-state index contributed by atoms with van der Waals surface area (Å²) < 4.78 is 2.28. The van der Waals surface area contributed by atoms with Gasteiger partial charge < -0.3 is 14.6 Å². The van der Waals surface area contributed by atoms with Crippen LogP contribution in [0.4, 0.5) is 0 Å². The second-order valence-corrected chi connectivity index (χ2v) is 8.90. The van der Waals surface area contributed by atoms with Crippen LogP contribution in [0.25, 0.3) is 38.6 Å². The quantitative estimate of drug-likeness (QED) is 0.417. The summed E-state index contributed by atoms with van der Waals surface area (Å²) in [5.41, 5.74) is 9.03. The Morgan fingerprint density at radius 3 is 2.23 bits per heavy atom. The fraction of sp³-hybridized carbons (Fsp3) is 0.111. The first kappa shape index (κ1) is 18.4. The van der Waals surface area contributed by atoms with Crippen LogP contribution in [0.15, 0.2) is 84.9 Å². The summed E-state index contributed by atoms with van der Waals surface area (Å²) in [4.78, 5) is 0. The molecule has 6 rings (SSSR count). The maximum absolute atomic E-state index is 9.68. The maximum Gasteiger partial charge on any atom is 0.488 e. The molecule has 4 heteroatoms. The molecule has 150 valence electrons. The average molecular weight is 403 g/mol. The highest BCUT2D eigenvalue weighted by atomic mass is 16.4. The van der Waals surface area contributed by atoms with E-state index >= 15 is 0 Å². The van der Waals surface area contributed by atoms with Crippen LogP contribution in [0.2, 0.25) is 0 Å². The first-order valence-electron chi connectivity index (χ1n) is 10.6. The van der Waals surface area contributed by atoms with Crippen LogP contribution in [0, 0.1) is 0 Å². The summed E-state index contributed by atoms with van der Waals surface area (Å²) in [6.07, 6.45) is 0. The molecule has 0 saturated carbocycles. The van der Waals surface area contributed by atoms with Crippen molar-refractivity contribution in [3.05, 3.63) is 96.1 Å². The van der Waals surface area contributed by atoms with Crippen LogP contribution >= 0.6 is 0 Å². The molecule has 0 amide bonds. The third-order valence-corrected chi connectivity index (χ3v) is 6.82. The first-order valence-corrected chi connectivity index (χ1v) is 10.6. The van der Waals surface area contributed by atoms with E-state index in [4.69, 9.17) is 0 Å². The number of aromatic nitrogens is 1. The van der Waals surface area contributed by atoms with Gasteiger partial charge in [0, 0.05) is 21.9 Å². The Morgan fingerprint density at radius 2 is 1.39 bits per heavy atom. The van der Waals surface area contributed by atoms with Gasteiger partial charge in [-0.15, -0.1) is 0 Å². The van der Waals surface area contributed by atoms with Gasteiger partial charge in [-0.3, -0.25) is 0 Å². The molecule has 0 aliphatic heterocycles. The zero-order valence-electron chi connectivity index (χ0n) is 17.5. The van der Waals surface area contributed by atoms with Crippen molar-refractivity contribution in [2.75, 3.05) is 0 Å². The summed E-state index contributed by atoms with van der Waals surface area (Å²) >= 11 is 0. The molecule has 0 radical (unpaired) electrons. The minimum absolute atomic E-state index is 0.0607. The Bertz CT molecular complexity index is 1500. The Kier molecular flexibility index (Phi) is 3.77. The van der Waals surface area contributed by atoms with Gasteiger partial charge in [0.2, 0.25) is 0 Å². The van der Waals surface area contributed by atoms with Crippen LogP contribution in [0.5, 0.6) is 0 Å². The largest absolute Gasteiger partial charge is 0.488 e. The number of nitrogens with zero attached hydrogens (tertiary/aromatic N) is 1. The lowest BCUT2D eigenvalue weighted by molar-refractivity contribution is 0.426. The molecule has 4 aromatic carbocycles. The lowest BCUT2D eigenvalue weighted by Crippen LogP contribution is -2.29. The highest BCUT2D eigenvalue weighted by Gasteiger charge is 2.35. The molecule has 1 aliphatic rings. The standard InChI is InChI=1S/C27H22BNO2/c1-27(2)23-9-5-3-7-19(23)20-13-12-18(16-24(20)27)29-25-10-6-4-8-21(25)22-15-17(28(30)31)11-14-26(22)29/h3-16,30-31H,1-2H3. The maximum atomic E-state index is 9.68. The van der Waals surface area contributed by atoms with Crippen molar-refractivity contribution in [1.82, 2.24) is 4.57 Å². The van der Waals surface area contributed by atoms with Gasteiger partial charge in [0.15, 0.2) is 0 Å². The summed E-state index contributed by atoms with van der Waals surface area (Å²) in [6, 6.07) is 29.4. The van der Waals surface area contributed by atoms with E-state index in [1.54, 1.807) is 6.07 Å². The number of benzene rings is 4. The molecule has 1 heterocycles. The molecule has 1 aliphatic carbocycles. The summed E-state index contributed by atoms with van der Waals surface area (Å²) in [7, 11) is -1.48. The topological polar surface area (TPSA) is 45.4 Å². The Balaban J connectivity index is 1.64. The van der Waals surface area contributed by atoms with E-state index in [0.29, 0.717) is 5.46 Å². The van der Waals surface area contributed by atoms with E-state index in [9.17, 15) is 10.0 Å². The normalized spacial score (nSPS) is 14.1. The van der Waals surface area contributed by atoms with Gasteiger partial charge in [-0.25, -0.2) is 0 Å². The predicted octanol–water partition coefficient (Wildman–Crippen LogP) is 4.77. The third kappa shape index (κ3) is 2.49. The number of para-hydroxylation sites is 1. The lowest BCUT2D eigenvalue weighted by Gasteiger charge is -2.22. The van der Waals surface area contributed by atoms with E-state index in [2.05, 4.69) is 73.0 Å². The van der Waals surface area contributed by atoms with E-state index < -0.39 is 7.12 Å². The Morgan fingerprint density at radius 1 is 0.677 bits per heavy atom. The third-order valence-electron chi connectivity index (χ3n) is 6.82. The molecular formula is C27H22BNO2. The van der Waals surface area contributed by atoms with Crippen molar-refractivity contribution in [1.29, 1.82) is 0 Å². The average Bonchev–Trinajstić information content (AvgIpc) is 3.23. The van der Waals surface area contributed by atoms with Crippen LogP contribution in [-0.2, 0) is 5.41 Å². The number of hydrogen-bond donors (Lipinski definition) is 2. The van der Waals surface area contributed by atoms with Gasteiger partial charge in [-0.05, 0) is 52.0 Å². The highest BCUT2D eigenvalue weighted by molar-refractivity contribution is 6.59. The van der Waals surface area contributed by atoms with Crippen LogP contribution in [0.3, 0.4) is 0 Å². The molecule has 0 fully saturated rings. The smallest absolute Gasteiger partial charge is 0.423 e. The van der Waals surface area contributed by atoms with Crippen LogP contribution in [0.1, 0.15) is 25.0 Å². The molecule has 2 N–H and O–H groups in total. The number of fused-ring (bicyclic) bond motifs is 6. The summed E-state index contributed by atoms with van der Waals surface area (Å²) in [6.45, 7) is 4.59. The van der Waals surface area contributed by atoms with Gasteiger partial charge in [0.25, 0.3) is 0 Å². The monoisotopic (exact) mass is 403 g/mol. The molecule has 31 heavy (non-hydrogen) atoms. The second-order valence-electron chi connectivity index (χ2n) is 8.90. The molecular weight excluding hydrogens is 381 g/mol. The lowest BCUT2D eigenvalue weighted by atomic mass is 9.80. The van der Waals surface area contributed by atoms with E-state index in [-0.39, 0.29) is 5.41 Å². The zero-order valence-corrected chi connectivity index (χ0v) is 17.5. The number of rotatable bonds is 2. The van der Waals surface area contributed by atoms with Crippen molar-refractivity contribution >= 4 is 34.4 Å². The van der Waals surface area contributed by atoms with Gasteiger partial charge in [-0.1, -0.05) is 74.5 Å². The minimum atomic E-state index is -1.48. The fourth-order valence-corrected chi connectivity index (χ4v) is 5.26. The van der Waals surface area contributed by atoms with Crippen molar-refractivity contribution in [3.8, 4) is 16.8 Å². The van der Waals surface area contributed by atoms with E-state index in [0.717, 1.165) is 27.5 Å². The van der Waals surface area contributed by atoms with Crippen LogP contribution in [-0.4, -0.2) is 21.7 Å². The van der Waals surface area contributed by atoms with Gasteiger partial charge in [0.05, 0.1) is 11.0 Å². The fourth-order valence-electron chi connectivity index (χ4n) is 5.26. The molecule has 0 bridgehead atoms. The summed E-state index contributed by atoms with van der Waals surface area (Å²) in [5, 5.41) is 21.5. The SMILES string of the molecule is CC1(C)c2ccccc2-c2ccc(-n3c4ccccc4c4cc(B(O)O)ccc43)cc21.